The summed E-state index contributed by atoms with van der Waals surface area (Å²) in [5.41, 5.74) is 0.0934. The molecular formula is C19H36O5Si2. The van der Waals surface area contributed by atoms with Crippen molar-refractivity contribution in [2.45, 2.75) is 76.6 Å². The van der Waals surface area contributed by atoms with E-state index >= 15 is 0 Å². The number of hydrogen-bond acceptors (Lipinski definition) is 5. The zero-order valence-electron chi connectivity index (χ0n) is 17.8. The average molecular weight is 401 g/mol. The van der Waals surface area contributed by atoms with Crippen LogP contribution in [-0.4, -0.2) is 48.5 Å². The number of methoxy groups -OCH3 is 1. The van der Waals surface area contributed by atoms with Crippen LogP contribution in [0.3, 0.4) is 0 Å². The van der Waals surface area contributed by atoms with Crippen LogP contribution in [0.25, 0.3) is 0 Å². The predicted octanol–water partition coefficient (Wildman–Crippen LogP) is 4.38. The van der Waals surface area contributed by atoms with Crippen molar-refractivity contribution in [3.05, 3.63) is 11.8 Å². The number of aldehydes is 1. The van der Waals surface area contributed by atoms with Crippen molar-refractivity contribution >= 4 is 28.6 Å². The molecule has 0 unspecified atom stereocenters. The van der Waals surface area contributed by atoms with Gasteiger partial charge in [0, 0.05) is 12.5 Å². The van der Waals surface area contributed by atoms with Crippen LogP contribution in [0.15, 0.2) is 11.8 Å². The summed E-state index contributed by atoms with van der Waals surface area (Å²) in [4.78, 5) is 24.1. The van der Waals surface area contributed by atoms with E-state index in [4.69, 9.17) is 13.9 Å². The van der Waals surface area contributed by atoms with Crippen molar-refractivity contribution in [2.75, 3.05) is 13.7 Å². The Kier molecular flexibility index (Phi) is 7.46. The van der Waals surface area contributed by atoms with Crippen LogP contribution in [0, 0.1) is 5.92 Å². The predicted molar refractivity (Wildman–Crippen MR) is 109 cm³/mol. The lowest BCUT2D eigenvalue weighted by atomic mass is 10.0. The zero-order valence-corrected chi connectivity index (χ0v) is 19.8. The third-order valence-corrected chi connectivity index (χ3v) is 12.5. The van der Waals surface area contributed by atoms with Crippen molar-refractivity contribution in [3.63, 3.8) is 0 Å². The molecule has 0 bridgehead atoms. The van der Waals surface area contributed by atoms with Crippen LogP contribution in [0.4, 0.5) is 0 Å². The first-order chi connectivity index (χ1) is 11.7. The van der Waals surface area contributed by atoms with Gasteiger partial charge in [0.05, 0.1) is 15.2 Å². The maximum Gasteiger partial charge on any atom is 0.342 e. The zero-order chi connectivity index (χ0) is 20.3. The topological polar surface area (TPSA) is 61.8 Å². The molecule has 150 valence electrons. The van der Waals surface area contributed by atoms with Gasteiger partial charge in [0.25, 0.3) is 0 Å². The van der Waals surface area contributed by atoms with Gasteiger partial charge in [-0.05, 0) is 36.2 Å². The largest absolute Gasteiger partial charge is 0.544 e. The highest BCUT2D eigenvalue weighted by Crippen LogP contribution is 2.41. The summed E-state index contributed by atoms with van der Waals surface area (Å²) in [6.45, 7) is 17.8. The Morgan fingerprint density at radius 1 is 1.23 bits per heavy atom. The van der Waals surface area contributed by atoms with Crippen LogP contribution >= 0.6 is 0 Å². The Balaban J connectivity index is 3.46. The molecule has 0 aromatic carbocycles. The molecule has 0 aromatic rings. The van der Waals surface area contributed by atoms with Gasteiger partial charge >= 0.3 is 5.97 Å². The lowest BCUT2D eigenvalue weighted by Gasteiger charge is -2.40. The standard InChI is InChI=1S/C19H36O5Si2/c1-19(2,3)26(8,9)24-15-12-16(25(5,6)7)14(13-20)10-11-23-17(15)18(21)22-4/h12-14,16-17H,10-11H2,1-9H3/b15-12+/t14-,16-,17-/m0/s1. The van der Waals surface area contributed by atoms with E-state index in [0.29, 0.717) is 18.8 Å². The van der Waals surface area contributed by atoms with E-state index in [1.807, 2.05) is 6.08 Å². The second-order valence-corrected chi connectivity index (χ2v) is 19.8. The smallest absolute Gasteiger partial charge is 0.342 e. The van der Waals surface area contributed by atoms with Crippen molar-refractivity contribution in [3.8, 4) is 0 Å². The Labute approximate surface area is 160 Å². The highest BCUT2D eigenvalue weighted by molar-refractivity contribution is 6.78. The van der Waals surface area contributed by atoms with Crippen LogP contribution in [0.2, 0.25) is 43.3 Å². The first-order valence-electron chi connectivity index (χ1n) is 9.30. The molecule has 1 aliphatic rings. The monoisotopic (exact) mass is 400 g/mol. The van der Waals surface area contributed by atoms with Crippen LogP contribution in [0.1, 0.15) is 27.2 Å². The van der Waals surface area contributed by atoms with Crippen LogP contribution in [-0.2, 0) is 23.5 Å². The summed E-state index contributed by atoms with van der Waals surface area (Å²) in [5.74, 6) is -0.0328. The minimum absolute atomic E-state index is 0.0183. The van der Waals surface area contributed by atoms with Gasteiger partial charge in [-0.1, -0.05) is 40.4 Å². The number of carbonyl (C=O) groups excluding carboxylic acids is 2. The highest BCUT2D eigenvalue weighted by atomic mass is 28.4. The molecule has 0 fully saturated rings. The first-order valence-corrected chi connectivity index (χ1v) is 15.8. The van der Waals surface area contributed by atoms with Gasteiger partial charge in [0.1, 0.15) is 12.0 Å². The van der Waals surface area contributed by atoms with Crippen LogP contribution in [0.5, 0.6) is 0 Å². The summed E-state index contributed by atoms with van der Waals surface area (Å²) in [6, 6.07) is 0. The van der Waals surface area contributed by atoms with Crippen molar-refractivity contribution in [2.24, 2.45) is 5.92 Å². The SMILES string of the molecule is COC(=O)[C@H]1OCC[C@@H](C=O)[C@@H]([Si](C)(C)C)/C=C\1O[Si](C)(C)C(C)(C)C. The molecule has 0 radical (unpaired) electrons. The number of carbonyl (C=O) groups is 2. The lowest BCUT2D eigenvalue weighted by molar-refractivity contribution is -0.153. The second kappa shape index (κ2) is 8.39. The van der Waals surface area contributed by atoms with E-state index in [9.17, 15) is 9.59 Å². The Morgan fingerprint density at radius 3 is 2.23 bits per heavy atom. The molecule has 0 spiro atoms. The Morgan fingerprint density at radius 2 is 1.81 bits per heavy atom. The fourth-order valence-corrected chi connectivity index (χ4v) is 6.11. The van der Waals surface area contributed by atoms with Gasteiger partial charge in [-0.3, -0.25) is 0 Å². The van der Waals surface area contributed by atoms with Crippen molar-refractivity contribution in [1.82, 2.24) is 0 Å². The Bertz CT molecular complexity index is 543. The summed E-state index contributed by atoms with van der Waals surface area (Å²) in [5, 5.41) is -0.0183. The van der Waals surface area contributed by atoms with Crippen molar-refractivity contribution < 1.29 is 23.5 Å². The van der Waals surface area contributed by atoms with Gasteiger partial charge in [-0.15, -0.1) is 0 Å². The molecule has 1 aliphatic heterocycles. The molecule has 0 saturated heterocycles. The first kappa shape index (κ1) is 23.1. The van der Waals surface area contributed by atoms with Crippen LogP contribution < -0.4 is 0 Å². The fraction of sp³-hybridized carbons (Fsp3) is 0.789. The second-order valence-electron chi connectivity index (χ2n) is 9.69. The maximum absolute atomic E-state index is 12.4. The van der Waals surface area contributed by atoms with Gasteiger partial charge in [-0.25, -0.2) is 4.79 Å². The maximum atomic E-state index is 12.4. The number of esters is 1. The summed E-state index contributed by atoms with van der Waals surface area (Å²) < 4.78 is 17.3. The number of rotatable bonds is 5. The van der Waals surface area contributed by atoms with Crippen molar-refractivity contribution in [1.29, 1.82) is 0 Å². The van der Waals surface area contributed by atoms with E-state index < -0.39 is 28.5 Å². The minimum atomic E-state index is -2.18. The van der Waals surface area contributed by atoms with Gasteiger partial charge in [-0.2, -0.15) is 0 Å². The number of hydrogen-bond donors (Lipinski definition) is 0. The molecule has 0 amide bonds. The molecule has 5 nitrogen and oxygen atoms in total. The molecular weight excluding hydrogens is 364 g/mol. The van der Waals surface area contributed by atoms with Gasteiger partial charge in [0.15, 0.2) is 0 Å². The number of allylic oxidation sites excluding steroid dienone is 1. The molecule has 0 N–H and O–H groups in total. The molecule has 1 rings (SSSR count). The molecule has 1 heterocycles. The molecule has 3 atom stereocenters. The molecule has 0 saturated carbocycles. The molecule has 0 aromatic heterocycles. The average Bonchev–Trinajstić information content (AvgIpc) is 2.47. The summed E-state index contributed by atoms with van der Waals surface area (Å²) in [6.07, 6.45) is 2.79. The fourth-order valence-electron chi connectivity index (χ4n) is 2.84. The van der Waals surface area contributed by atoms with Gasteiger partial charge in [0.2, 0.25) is 14.4 Å². The van der Waals surface area contributed by atoms with E-state index in [2.05, 4.69) is 53.5 Å². The highest BCUT2D eigenvalue weighted by Gasteiger charge is 2.43. The quantitative estimate of drug-likeness (QED) is 0.389. The van der Waals surface area contributed by atoms with Gasteiger partial charge < -0.3 is 18.7 Å². The van der Waals surface area contributed by atoms with E-state index in [1.165, 1.54) is 7.11 Å². The molecule has 7 heteroatoms. The summed E-state index contributed by atoms with van der Waals surface area (Å²) >= 11 is 0. The lowest BCUT2D eigenvalue weighted by Crippen LogP contribution is -2.45. The van der Waals surface area contributed by atoms with E-state index in [1.54, 1.807) is 0 Å². The normalized spacial score (nSPS) is 27.6. The third kappa shape index (κ3) is 5.53. The summed E-state index contributed by atoms with van der Waals surface area (Å²) in [7, 11) is -2.53. The molecule has 26 heavy (non-hydrogen) atoms. The minimum Gasteiger partial charge on any atom is -0.544 e. The third-order valence-electron chi connectivity index (χ3n) is 5.57. The Hall–Kier alpha value is -0.926. The van der Waals surface area contributed by atoms with E-state index in [0.717, 1.165) is 6.29 Å². The number of ether oxygens (including phenoxy) is 2. The molecule has 0 aliphatic carbocycles. The van der Waals surface area contributed by atoms with E-state index in [-0.39, 0.29) is 16.5 Å².